The van der Waals surface area contributed by atoms with Crippen molar-refractivity contribution >= 4 is 17.5 Å². The molecule has 0 saturated heterocycles. The molecule has 5 heteroatoms. The molecule has 0 bridgehead atoms. The smallest absolute Gasteiger partial charge is 0.261 e. The topological polar surface area (TPSA) is 47.6 Å². The number of fused-ring (bicyclic) bond motifs is 1. The number of carbonyl (C=O) groups is 1. The van der Waals surface area contributed by atoms with Gasteiger partial charge in [0.05, 0.1) is 6.04 Å². The molecule has 0 unspecified atom stereocenters. The van der Waals surface area contributed by atoms with Crippen molar-refractivity contribution in [2.45, 2.75) is 58.3 Å². The van der Waals surface area contributed by atoms with E-state index in [2.05, 4.69) is 11.4 Å². The molecular formula is C22H26ClNO3. The summed E-state index contributed by atoms with van der Waals surface area (Å²) in [6.07, 6.45) is 0.678. The van der Waals surface area contributed by atoms with Crippen LogP contribution in [0.15, 0.2) is 42.5 Å². The third-order valence-corrected chi connectivity index (χ3v) is 4.91. The van der Waals surface area contributed by atoms with E-state index in [1.807, 2.05) is 45.9 Å². The van der Waals surface area contributed by atoms with Gasteiger partial charge in [-0.25, -0.2) is 0 Å². The summed E-state index contributed by atoms with van der Waals surface area (Å²) in [4.78, 5) is 12.9. The standard InChI is InChI=1S/C22H26ClNO3/c1-5-19(26-16-8-6-7-15(23)12-16)21(25)24-18-13-22(3,4)27-20-10-9-14(2)11-17(18)20/h6-12,18-19H,5,13H2,1-4H3,(H,24,25)/t18-,19+/m1/s1. The summed E-state index contributed by atoms with van der Waals surface area (Å²) in [6, 6.07) is 13.1. The fraction of sp³-hybridized carbons (Fsp3) is 0.409. The predicted octanol–water partition coefficient (Wildman–Crippen LogP) is 5.22. The molecule has 0 aliphatic carbocycles. The Kier molecular flexibility index (Phi) is 5.66. The Morgan fingerprint density at radius 3 is 2.81 bits per heavy atom. The van der Waals surface area contributed by atoms with Gasteiger partial charge in [-0.05, 0) is 51.5 Å². The Morgan fingerprint density at radius 2 is 2.11 bits per heavy atom. The molecule has 27 heavy (non-hydrogen) atoms. The van der Waals surface area contributed by atoms with Gasteiger partial charge in [0.2, 0.25) is 0 Å². The molecule has 0 saturated carbocycles. The van der Waals surface area contributed by atoms with Crippen LogP contribution >= 0.6 is 11.6 Å². The Hall–Kier alpha value is -2.20. The molecule has 1 amide bonds. The molecule has 1 heterocycles. The van der Waals surface area contributed by atoms with E-state index in [0.717, 1.165) is 16.9 Å². The van der Waals surface area contributed by atoms with Crippen molar-refractivity contribution in [3.63, 3.8) is 0 Å². The average Bonchev–Trinajstić information content (AvgIpc) is 2.59. The van der Waals surface area contributed by atoms with Crippen LogP contribution in [0.1, 0.15) is 50.8 Å². The molecule has 1 aliphatic rings. The van der Waals surface area contributed by atoms with E-state index in [0.29, 0.717) is 23.6 Å². The number of ether oxygens (including phenoxy) is 2. The lowest BCUT2D eigenvalue weighted by Gasteiger charge is -2.38. The molecule has 144 valence electrons. The second-order valence-electron chi connectivity index (χ2n) is 7.64. The van der Waals surface area contributed by atoms with Crippen LogP contribution < -0.4 is 14.8 Å². The van der Waals surface area contributed by atoms with E-state index < -0.39 is 6.10 Å². The molecule has 0 fully saturated rings. The van der Waals surface area contributed by atoms with Crippen molar-refractivity contribution in [3.05, 3.63) is 58.6 Å². The highest BCUT2D eigenvalue weighted by Crippen LogP contribution is 2.40. The zero-order chi connectivity index (χ0) is 19.6. The molecule has 0 spiro atoms. The maximum absolute atomic E-state index is 12.9. The summed E-state index contributed by atoms with van der Waals surface area (Å²) in [5.74, 6) is 1.28. The van der Waals surface area contributed by atoms with Crippen molar-refractivity contribution in [1.29, 1.82) is 0 Å². The summed E-state index contributed by atoms with van der Waals surface area (Å²) in [7, 11) is 0. The summed E-state index contributed by atoms with van der Waals surface area (Å²) < 4.78 is 12.0. The summed E-state index contributed by atoms with van der Waals surface area (Å²) >= 11 is 6.01. The second-order valence-corrected chi connectivity index (χ2v) is 8.08. The van der Waals surface area contributed by atoms with Gasteiger partial charge in [-0.1, -0.05) is 42.3 Å². The highest BCUT2D eigenvalue weighted by Gasteiger charge is 2.35. The molecule has 1 aliphatic heterocycles. The van der Waals surface area contributed by atoms with Crippen molar-refractivity contribution in [3.8, 4) is 11.5 Å². The SMILES string of the molecule is CC[C@H](Oc1cccc(Cl)c1)C(=O)N[C@@H]1CC(C)(C)Oc2ccc(C)cc21. The number of carbonyl (C=O) groups excluding carboxylic acids is 1. The van der Waals surface area contributed by atoms with Crippen molar-refractivity contribution in [2.75, 3.05) is 0 Å². The van der Waals surface area contributed by atoms with Gasteiger partial charge in [0, 0.05) is 17.0 Å². The predicted molar refractivity (Wildman–Crippen MR) is 108 cm³/mol. The van der Waals surface area contributed by atoms with Crippen molar-refractivity contribution in [2.24, 2.45) is 0 Å². The lowest BCUT2D eigenvalue weighted by Crippen LogP contribution is -2.45. The van der Waals surface area contributed by atoms with Crippen LogP contribution in [-0.4, -0.2) is 17.6 Å². The minimum atomic E-state index is -0.581. The van der Waals surface area contributed by atoms with Gasteiger partial charge >= 0.3 is 0 Å². The molecule has 0 aromatic heterocycles. The number of aryl methyl sites for hydroxylation is 1. The largest absolute Gasteiger partial charge is 0.487 e. The first-order chi connectivity index (χ1) is 12.8. The summed E-state index contributed by atoms with van der Waals surface area (Å²) in [5.41, 5.74) is 1.80. The van der Waals surface area contributed by atoms with Crippen LogP contribution in [0.3, 0.4) is 0 Å². The Morgan fingerprint density at radius 1 is 1.33 bits per heavy atom. The van der Waals surface area contributed by atoms with Crippen molar-refractivity contribution < 1.29 is 14.3 Å². The van der Waals surface area contributed by atoms with Gasteiger partial charge in [0.25, 0.3) is 5.91 Å². The first-order valence-electron chi connectivity index (χ1n) is 9.29. The third kappa shape index (κ3) is 4.75. The van der Waals surface area contributed by atoms with E-state index in [1.165, 1.54) is 0 Å². The van der Waals surface area contributed by atoms with Crippen LogP contribution in [0.5, 0.6) is 11.5 Å². The molecule has 2 atom stereocenters. The lowest BCUT2D eigenvalue weighted by molar-refractivity contribution is -0.129. The highest BCUT2D eigenvalue weighted by molar-refractivity contribution is 6.30. The van der Waals surface area contributed by atoms with Crippen LogP contribution in [0, 0.1) is 6.92 Å². The zero-order valence-corrected chi connectivity index (χ0v) is 17.0. The molecule has 2 aromatic rings. The maximum atomic E-state index is 12.9. The maximum Gasteiger partial charge on any atom is 0.261 e. The van der Waals surface area contributed by atoms with Gasteiger partial charge in [0.15, 0.2) is 6.10 Å². The normalized spacial score (nSPS) is 18.8. The van der Waals surface area contributed by atoms with Gasteiger partial charge in [-0.2, -0.15) is 0 Å². The van der Waals surface area contributed by atoms with Gasteiger partial charge in [-0.3, -0.25) is 4.79 Å². The lowest BCUT2D eigenvalue weighted by atomic mass is 9.88. The second kappa shape index (κ2) is 7.81. The summed E-state index contributed by atoms with van der Waals surface area (Å²) in [6.45, 7) is 8.04. The quantitative estimate of drug-likeness (QED) is 0.764. The Balaban J connectivity index is 1.78. The van der Waals surface area contributed by atoms with E-state index in [-0.39, 0.29) is 17.6 Å². The van der Waals surface area contributed by atoms with Crippen LogP contribution in [0.2, 0.25) is 5.02 Å². The first-order valence-corrected chi connectivity index (χ1v) is 9.67. The summed E-state index contributed by atoms with van der Waals surface area (Å²) in [5, 5.41) is 3.75. The zero-order valence-electron chi connectivity index (χ0n) is 16.2. The average molecular weight is 388 g/mol. The molecular weight excluding hydrogens is 362 g/mol. The van der Waals surface area contributed by atoms with Gasteiger partial charge in [0.1, 0.15) is 17.1 Å². The molecule has 3 rings (SSSR count). The molecule has 4 nitrogen and oxygen atoms in total. The van der Waals surface area contributed by atoms with E-state index >= 15 is 0 Å². The molecule has 2 aromatic carbocycles. The first kappa shape index (κ1) is 19.6. The minimum absolute atomic E-state index is 0.117. The fourth-order valence-electron chi connectivity index (χ4n) is 3.39. The van der Waals surface area contributed by atoms with Crippen LogP contribution in [-0.2, 0) is 4.79 Å². The van der Waals surface area contributed by atoms with Gasteiger partial charge in [-0.15, -0.1) is 0 Å². The number of halogens is 1. The number of benzene rings is 2. The molecule has 0 radical (unpaired) electrons. The minimum Gasteiger partial charge on any atom is -0.487 e. The van der Waals surface area contributed by atoms with Gasteiger partial charge < -0.3 is 14.8 Å². The number of nitrogens with one attached hydrogen (secondary N) is 1. The third-order valence-electron chi connectivity index (χ3n) is 4.68. The number of hydrogen-bond acceptors (Lipinski definition) is 3. The Labute approximate surface area is 165 Å². The fourth-order valence-corrected chi connectivity index (χ4v) is 3.57. The number of hydrogen-bond donors (Lipinski definition) is 1. The number of amides is 1. The number of rotatable bonds is 5. The monoisotopic (exact) mass is 387 g/mol. The molecule has 1 N–H and O–H groups in total. The highest BCUT2D eigenvalue weighted by atomic mass is 35.5. The van der Waals surface area contributed by atoms with E-state index in [1.54, 1.807) is 18.2 Å². The van der Waals surface area contributed by atoms with Crippen molar-refractivity contribution in [1.82, 2.24) is 5.32 Å². The Bertz CT molecular complexity index is 834. The van der Waals surface area contributed by atoms with E-state index in [4.69, 9.17) is 21.1 Å². The van der Waals surface area contributed by atoms with E-state index in [9.17, 15) is 4.79 Å². The van der Waals surface area contributed by atoms with Crippen LogP contribution in [0.25, 0.3) is 0 Å². The van der Waals surface area contributed by atoms with Crippen LogP contribution in [0.4, 0.5) is 0 Å².